The zero-order valence-corrected chi connectivity index (χ0v) is 14.7. The lowest BCUT2D eigenvalue weighted by Gasteiger charge is -2.11. The Bertz CT molecular complexity index is 953. The van der Waals surface area contributed by atoms with E-state index in [0.29, 0.717) is 24.6 Å². The predicted molar refractivity (Wildman–Crippen MR) is 100 cm³/mol. The van der Waals surface area contributed by atoms with Crippen molar-refractivity contribution in [3.63, 3.8) is 0 Å². The van der Waals surface area contributed by atoms with Gasteiger partial charge >= 0.3 is 0 Å². The minimum Gasteiger partial charge on any atom is -0.504 e. The predicted octanol–water partition coefficient (Wildman–Crippen LogP) is 3.40. The highest BCUT2D eigenvalue weighted by molar-refractivity contribution is 5.69. The molecule has 0 saturated carbocycles. The second-order valence-electron chi connectivity index (χ2n) is 5.52. The molecule has 0 aliphatic rings. The van der Waals surface area contributed by atoms with Crippen molar-refractivity contribution >= 4 is 17.1 Å². The Kier molecular flexibility index (Phi) is 5.22. The number of anilines is 2. The Hall–Kier alpha value is -3.28. The molecule has 2 N–H and O–H groups in total. The molecule has 0 unspecified atom stereocenters. The second-order valence-corrected chi connectivity index (χ2v) is 5.52. The quantitative estimate of drug-likeness (QED) is 0.681. The van der Waals surface area contributed by atoms with Gasteiger partial charge in [0, 0.05) is 5.69 Å². The van der Waals surface area contributed by atoms with E-state index in [2.05, 4.69) is 10.3 Å². The molecule has 0 bridgehead atoms. The first kappa shape index (κ1) is 17.5. The SMILES string of the molecule is CCOc1ccc(N=c2c(O)c(Nc3ccc(OCC)cc3)c2=O)cc1. The molecule has 3 rings (SSSR count). The molecule has 0 fully saturated rings. The third-order valence-electron chi connectivity index (χ3n) is 3.73. The van der Waals surface area contributed by atoms with Crippen molar-refractivity contribution in [3.8, 4) is 17.2 Å². The van der Waals surface area contributed by atoms with Crippen molar-refractivity contribution in [2.24, 2.45) is 4.99 Å². The van der Waals surface area contributed by atoms with E-state index in [1.165, 1.54) is 0 Å². The van der Waals surface area contributed by atoms with E-state index in [9.17, 15) is 9.90 Å². The summed E-state index contributed by atoms with van der Waals surface area (Å²) in [6, 6.07) is 14.1. The standard InChI is InChI=1S/C20H20N2O4/c1-3-25-15-9-5-13(6-10-15)21-17-19(23)18(20(17)24)22-14-7-11-16(12-8-14)26-4-2/h5-12,21,23H,3-4H2,1-2H3. The van der Waals surface area contributed by atoms with E-state index >= 15 is 0 Å². The van der Waals surface area contributed by atoms with Crippen molar-refractivity contribution in [1.29, 1.82) is 0 Å². The summed E-state index contributed by atoms with van der Waals surface area (Å²) < 4.78 is 10.7. The monoisotopic (exact) mass is 352 g/mol. The van der Waals surface area contributed by atoms with Gasteiger partial charge in [-0.25, -0.2) is 4.99 Å². The number of ether oxygens (including phenoxy) is 2. The van der Waals surface area contributed by atoms with Crippen molar-refractivity contribution in [2.75, 3.05) is 18.5 Å². The Labute approximate surface area is 151 Å². The molecule has 0 atom stereocenters. The fourth-order valence-corrected chi connectivity index (χ4v) is 2.47. The average molecular weight is 352 g/mol. The van der Waals surface area contributed by atoms with E-state index in [1.807, 2.05) is 13.8 Å². The highest BCUT2D eigenvalue weighted by atomic mass is 16.5. The van der Waals surface area contributed by atoms with Gasteiger partial charge in [-0.15, -0.1) is 0 Å². The third kappa shape index (κ3) is 3.69. The van der Waals surface area contributed by atoms with Gasteiger partial charge in [0.25, 0.3) is 0 Å². The fourth-order valence-electron chi connectivity index (χ4n) is 2.47. The lowest BCUT2D eigenvalue weighted by atomic mass is 10.2. The van der Waals surface area contributed by atoms with Crippen LogP contribution in [0.4, 0.5) is 17.1 Å². The molecule has 0 spiro atoms. The molecular formula is C20H20N2O4. The Morgan fingerprint density at radius 3 is 1.96 bits per heavy atom. The highest BCUT2D eigenvalue weighted by Crippen LogP contribution is 2.24. The van der Waals surface area contributed by atoms with Crippen LogP contribution >= 0.6 is 0 Å². The molecule has 0 heterocycles. The zero-order valence-electron chi connectivity index (χ0n) is 14.7. The van der Waals surface area contributed by atoms with Crippen LogP contribution in [0.3, 0.4) is 0 Å². The van der Waals surface area contributed by atoms with Crippen molar-refractivity contribution in [1.82, 2.24) is 0 Å². The van der Waals surface area contributed by atoms with Crippen LogP contribution in [0.2, 0.25) is 0 Å². The fraction of sp³-hybridized carbons (Fsp3) is 0.200. The van der Waals surface area contributed by atoms with Crippen molar-refractivity contribution < 1.29 is 14.6 Å². The zero-order chi connectivity index (χ0) is 18.5. The van der Waals surface area contributed by atoms with Crippen LogP contribution in [-0.2, 0) is 0 Å². The summed E-state index contributed by atoms with van der Waals surface area (Å²) in [5, 5.41) is 13.1. The van der Waals surface area contributed by atoms with Gasteiger partial charge in [0.2, 0.25) is 5.43 Å². The summed E-state index contributed by atoms with van der Waals surface area (Å²) in [5.41, 5.74) is 1.07. The molecule has 6 heteroatoms. The molecule has 0 radical (unpaired) electrons. The summed E-state index contributed by atoms with van der Waals surface area (Å²) in [6.07, 6.45) is 0. The minimum atomic E-state index is -0.328. The van der Waals surface area contributed by atoms with E-state index in [-0.39, 0.29) is 22.2 Å². The van der Waals surface area contributed by atoms with Gasteiger partial charge in [0.15, 0.2) is 11.1 Å². The maximum atomic E-state index is 12.3. The van der Waals surface area contributed by atoms with Crippen molar-refractivity contribution in [3.05, 3.63) is 64.1 Å². The first-order valence-electron chi connectivity index (χ1n) is 8.42. The average Bonchev–Trinajstić information content (AvgIpc) is 2.67. The van der Waals surface area contributed by atoms with Crippen LogP contribution in [0.15, 0.2) is 58.3 Å². The van der Waals surface area contributed by atoms with Gasteiger partial charge in [-0.05, 0) is 62.4 Å². The molecule has 0 aliphatic carbocycles. The van der Waals surface area contributed by atoms with E-state index in [1.54, 1.807) is 48.5 Å². The van der Waals surface area contributed by atoms with E-state index in [0.717, 1.165) is 11.5 Å². The lowest BCUT2D eigenvalue weighted by Crippen LogP contribution is -2.33. The minimum absolute atomic E-state index is 0.0441. The maximum Gasteiger partial charge on any atom is 0.235 e. The highest BCUT2D eigenvalue weighted by Gasteiger charge is 2.18. The van der Waals surface area contributed by atoms with Gasteiger partial charge < -0.3 is 19.9 Å². The van der Waals surface area contributed by atoms with Crippen LogP contribution in [-0.4, -0.2) is 18.3 Å². The molecule has 0 amide bonds. The normalized spacial score (nSPS) is 11.5. The summed E-state index contributed by atoms with van der Waals surface area (Å²) in [6.45, 7) is 4.98. The third-order valence-corrected chi connectivity index (χ3v) is 3.73. The number of hydrogen-bond donors (Lipinski definition) is 2. The largest absolute Gasteiger partial charge is 0.504 e. The second kappa shape index (κ2) is 7.74. The van der Waals surface area contributed by atoms with Crippen LogP contribution in [0, 0.1) is 0 Å². The number of benzene rings is 2. The van der Waals surface area contributed by atoms with Gasteiger partial charge in [-0.1, -0.05) is 0 Å². The molecular weight excluding hydrogens is 332 g/mol. The molecule has 3 aromatic carbocycles. The van der Waals surface area contributed by atoms with Gasteiger partial charge in [-0.2, -0.15) is 0 Å². The maximum absolute atomic E-state index is 12.3. The molecule has 26 heavy (non-hydrogen) atoms. The first-order chi connectivity index (χ1) is 12.6. The number of rotatable bonds is 7. The summed E-state index contributed by atoms with van der Waals surface area (Å²) in [4.78, 5) is 16.5. The first-order valence-corrected chi connectivity index (χ1v) is 8.42. The number of nitrogens with one attached hydrogen (secondary N) is 1. The molecule has 0 aromatic heterocycles. The van der Waals surface area contributed by atoms with Gasteiger partial charge in [-0.3, -0.25) is 4.79 Å². The van der Waals surface area contributed by atoms with Crippen molar-refractivity contribution in [2.45, 2.75) is 13.8 Å². The van der Waals surface area contributed by atoms with Gasteiger partial charge in [0.1, 0.15) is 17.2 Å². The topological polar surface area (TPSA) is 80.2 Å². The summed E-state index contributed by atoms with van der Waals surface area (Å²) >= 11 is 0. The molecule has 3 aromatic rings. The Balaban J connectivity index is 1.77. The lowest BCUT2D eigenvalue weighted by molar-refractivity contribution is 0.340. The molecule has 134 valence electrons. The number of nitrogens with zero attached hydrogens (tertiary/aromatic N) is 1. The van der Waals surface area contributed by atoms with Crippen LogP contribution < -0.4 is 25.6 Å². The Morgan fingerprint density at radius 2 is 1.46 bits per heavy atom. The van der Waals surface area contributed by atoms with E-state index in [4.69, 9.17) is 9.47 Å². The smallest absolute Gasteiger partial charge is 0.235 e. The molecule has 0 aliphatic heterocycles. The van der Waals surface area contributed by atoms with Gasteiger partial charge in [0.05, 0.1) is 18.9 Å². The van der Waals surface area contributed by atoms with Crippen LogP contribution in [0.25, 0.3) is 0 Å². The number of hydrogen-bond acceptors (Lipinski definition) is 6. The number of aromatic hydroxyl groups is 1. The van der Waals surface area contributed by atoms with E-state index < -0.39 is 0 Å². The van der Waals surface area contributed by atoms with Crippen LogP contribution in [0.5, 0.6) is 17.2 Å². The molecule has 6 nitrogen and oxygen atoms in total. The molecule has 0 saturated heterocycles. The van der Waals surface area contributed by atoms with Crippen LogP contribution in [0.1, 0.15) is 13.8 Å². The summed E-state index contributed by atoms with van der Waals surface area (Å²) in [5.74, 6) is 1.33. The summed E-state index contributed by atoms with van der Waals surface area (Å²) in [7, 11) is 0. The Morgan fingerprint density at radius 1 is 0.923 bits per heavy atom.